The zero-order valence-electron chi connectivity index (χ0n) is 10.1. The van der Waals surface area contributed by atoms with Crippen molar-refractivity contribution in [1.29, 1.82) is 0 Å². The lowest BCUT2D eigenvalue weighted by Gasteiger charge is -2.27. The highest BCUT2D eigenvalue weighted by Crippen LogP contribution is 2.53. The van der Waals surface area contributed by atoms with Gasteiger partial charge < -0.3 is 15.4 Å². The normalized spacial score (nSPS) is 29.0. The van der Waals surface area contributed by atoms with E-state index in [1.165, 1.54) is 12.7 Å². The topological polar surface area (TPSA) is 55.6 Å². The van der Waals surface area contributed by atoms with Gasteiger partial charge in [-0.1, -0.05) is 28.1 Å². The van der Waals surface area contributed by atoms with Crippen molar-refractivity contribution in [1.82, 2.24) is 4.90 Å². The maximum Gasteiger partial charge on any atom is 0.409 e. The van der Waals surface area contributed by atoms with Crippen molar-refractivity contribution >= 4 is 27.7 Å². The molecule has 96 valence electrons. The van der Waals surface area contributed by atoms with Gasteiger partial charge in [-0.05, 0) is 30.0 Å². The number of fused-ring (bicyclic) bond motifs is 3. The summed E-state index contributed by atoms with van der Waals surface area (Å²) >= 11 is 3.84. The van der Waals surface area contributed by atoms with E-state index in [1.54, 1.807) is 4.90 Å². The fourth-order valence-electron chi connectivity index (χ4n) is 3.19. The number of ether oxygens (including phenoxy) is 1. The average Bonchev–Trinajstić information content (AvgIpc) is 2.83. The van der Waals surface area contributed by atoms with Crippen LogP contribution in [0.4, 0.5) is 10.5 Å². The van der Waals surface area contributed by atoms with E-state index in [0.717, 1.165) is 30.6 Å². The van der Waals surface area contributed by atoms with Gasteiger partial charge in [0.25, 0.3) is 0 Å². The van der Waals surface area contributed by atoms with Crippen LogP contribution in [0.1, 0.15) is 17.5 Å². The van der Waals surface area contributed by atoms with Crippen LogP contribution in [0, 0.1) is 0 Å². The molecular formula is C13H15BrN2O2. The Morgan fingerprint density at radius 3 is 3.11 bits per heavy atom. The number of carbonyl (C=O) groups is 1. The van der Waals surface area contributed by atoms with Crippen molar-refractivity contribution in [2.75, 3.05) is 19.4 Å². The number of nitrogen functional groups attached to an aromatic ring is 1. The minimum absolute atomic E-state index is 0.102. The highest BCUT2D eigenvalue weighted by Gasteiger charge is 2.54. The number of benzene rings is 1. The van der Waals surface area contributed by atoms with Gasteiger partial charge in [0.15, 0.2) is 0 Å². The van der Waals surface area contributed by atoms with Gasteiger partial charge in [-0.3, -0.25) is 0 Å². The molecular weight excluding hydrogens is 296 g/mol. The second kappa shape index (κ2) is 3.88. The summed E-state index contributed by atoms with van der Waals surface area (Å²) in [7, 11) is 1.42. The maximum absolute atomic E-state index is 11.8. The predicted molar refractivity (Wildman–Crippen MR) is 72.7 cm³/mol. The molecule has 1 amide bonds. The highest BCUT2D eigenvalue weighted by molar-refractivity contribution is 9.09. The van der Waals surface area contributed by atoms with Crippen LogP contribution in [-0.4, -0.2) is 30.7 Å². The molecule has 1 fully saturated rings. The van der Waals surface area contributed by atoms with Gasteiger partial charge in [-0.15, -0.1) is 0 Å². The third-order valence-electron chi connectivity index (χ3n) is 4.09. The number of halogens is 1. The Morgan fingerprint density at radius 2 is 2.39 bits per heavy atom. The first-order valence-corrected chi connectivity index (χ1v) is 6.78. The molecule has 1 aromatic carbocycles. The Balaban J connectivity index is 2.04. The van der Waals surface area contributed by atoms with Gasteiger partial charge in [0.2, 0.25) is 0 Å². The molecule has 0 bridgehead atoms. The maximum atomic E-state index is 11.8. The first kappa shape index (κ1) is 11.8. The lowest BCUT2D eigenvalue weighted by molar-refractivity contribution is 0.118. The SMILES string of the molecule is COC(=O)N1CC[C@@]2(Br)c3cccc(N)c3C[C@@H]12. The quantitative estimate of drug-likeness (QED) is 0.590. The summed E-state index contributed by atoms with van der Waals surface area (Å²) in [6.07, 6.45) is 1.43. The smallest absolute Gasteiger partial charge is 0.409 e. The molecule has 4 nitrogen and oxygen atoms in total. The van der Waals surface area contributed by atoms with Crippen LogP contribution in [0.25, 0.3) is 0 Å². The van der Waals surface area contributed by atoms with E-state index in [2.05, 4.69) is 22.0 Å². The van der Waals surface area contributed by atoms with Gasteiger partial charge in [0.05, 0.1) is 17.5 Å². The van der Waals surface area contributed by atoms with E-state index in [1.807, 2.05) is 12.1 Å². The second-order valence-electron chi connectivity index (χ2n) is 4.87. The molecule has 0 unspecified atom stereocenters. The predicted octanol–water partition coefficient (Wildman–Crippen LogP) is 2.26. The molecule has 0 saturated carbocycles. The molecule has 1 aliphatic carbocycles. The summed E-state index contributed by atoms with van der Waals surface area (Å²) in [6.45, 7) is 0.719. The number of methoxy groups -OCH3 is 1. The number of hydrogen-bond donors (Lipinski definition) is 1. The minimum atomic E-state index is -0.257. The Kier molecular flexibility index (Phi) is 2.55. The number of rotatable bonds is 0. The van der Waals surface area contributed by atoms with Crippen LogP contribution in [-0.2, 0) is 15.5 Å². The fourth-order valence-corrected chi connectivity index (χ4v) is 4.15. The third-order valence-corrected chi connectivity index (χ3v) is 5.44. The first-order valence-electron chi connectivity index (χ1n) is 5.99. The standard InChI is InChI=1S/C13H15BrN2O2/c1-18-12(17)16-6-5-13(14)9-3-2-4-10(15)8(9)7-11(13)16/h2-4,11H,5-7,15H2,1H3/t11-,13-/m1/s1. The summed E-state index contributed by atoms with van der Waals surface area (Å²) in [6, 6.07) is 6.09. The van der Waals surface area contributed by atoms with Crippen molar-refractivity contribution in [3.05, 3.63) is 29.3 Å². The zero-order valence-corrected chi connectivity index (χ0v) is 11.7. The summed E-state index contributed by atoms with van der Waals surface area (Å²) in [5.41, 5.74) is 9.22. The van der Waals surface area contributed by atoms with Crippen molar-refractivity contribution in [3.8, 4) is 0 Å². The molecule has 2 atom stereocenters. The molecule has 1 aromatic rings. The molecule has 5 heteroatoms. The number of amides is 1. The highest BCUT2D eigenvalue weighted by atomic mass is 79.9. The van der Waals surface area contributed by atoms with Gasteiger partial charge in [0.1, 0.15) is 0 Å². The van der Waals surface area contributed by atoms with Crippen LogP contribution < -0.4 is 5.73 Å². The molecule has 0 spiro atoms. The van der Waals surface area contributed by atoms with Crippen LogP contribution in [0.15, 0.2) is 18.2 Å². The number of nitrogens with two attached hydrogens (primary N) is 1. The van der Waals surface area contributed by atoms with Crippen molar-refractivity contribution in [3.63, 3.8) is 0 Å². The second-order valence-corrected chi connectivity index (χ2v) is 6.28. The van der Waals surface area contributed by atoms with Crippen LogP contribution in [0.3, 0.4) is 0 Å². The molecule has 1 aliphatic heterocycles. The van der Waals surface area contributed by atoms with Gasteiger partial charge in [0, 0.05) is 12.2 Å². The fraction of sp³-hybridized carbons (Fsp3) is 0.462. The van der Waals surface area contributed by atoms with E-state index in [4.69, 9.17) is 10.5 Å². The van der Waals surface area contributed by atoms with E-state index in [-0.39, 0.29) is 16.5 Å². The van der Waals surface area contributed by atoms with Gasteiger partial charge in [-0.2, -0.15) is 0 Å². The Bertz CT molecular complexity index is 520. The summed E-state index contributed by atoms with van der Waals surface area (Å²) in [4.78, 5) is 13.6. The number of nitrogens with zero attached hydrogens (tertiary/aromatic N) is 1. The summed E-state index contributed by atoms with van der Waals surface area (Å²) in [5, 5.41) is 0. The number of likely N-dealkylation sites (tertiary alicyclic amines) is 1. The molecule has 2 aliphatic rings. The number of anilines is 1. The lowest BCUT2D eigenvalue weighted by Crippen LogP contribution is -2.40. The largest absolute Gasteiger partial charge is 0.453 e. The number of carbonyl (C=O) groups excluding carboxylic acids is 1. The molecule has 3 rings (SSSR count). The zero-order chi connectivity index (χ0) is 12.9. The van der Waals surface area contributed by atoms with Crippen molar-refractivity contribution < 1.29 is 9.53 Å². The van der Waals surface area contributed by atoms with E-state index >= 15 is 0 Å². The van der Waals surface area contributed by atoms with Crippen LogP contribution >= 0.6 is 15.9 Å². The van der Waals surface area contributed by atoms with E-state index < -0.39 is 0 Å². The van der Waals surface area contributed by atoms with Crippen molar-refractivity contribution in [2.45, 2.75) is 23.2 Å². The van der Waals surface area contributed by atoms with Crippen LogP contribution in [0.5, 0.6) is 0 Å². The minimum Gasteiger partial charge on any atom is -0.453 e. The molecule has 1 heterocycles. The molecule has 2 N–H and O–H groups in total. The molecule has 0 radical (unpaired) electrons. The number of hydrogen-bond acceptors (Lipinski definition) is 3. The Hall–Kier alpha value is -1.23. The Labute approximate surface area is 114 Å². The molecule has 0 aromatic heterocycles. The van der Waals surface area contributed by atoms with Crippen molar-refractivity contribution in [2.24, 2.45) is 0 Å². The third kappa shape index (κ3) is 1.40. The average molecular weight is 311 g/mol. The van der Waals surface area contributed by atoms with E-state index in [0.29, 0.717) is 0 Å². The summed E-state index contributed by atoms with van der Waals surface area (Å²) < 4.78 is 4.69. The van der Waals surface area contributed by atoms with Gasteiger partial charge in [-0.25, -0.2) is 4.79 Å². The monoisotopic (exact) mass is 310 g/mol. The summed E-state index contributed by atoms with van der Waals surface area (Å²) in [5.74, 6) is 0. The molecule has 1 saturated heterocycles. The van der Waals surface area contributed by atoms with Crippen LogP contribution in [0.2, 0.25) is 0 Å². The van der Waals surface area contributed by atoms with E-state index in [9.17, 15) is 4.79 Å². The van der Waals surface area contributed by atoms with Gasteiger partial charge >= 0.3 is 6.09 Å². The Morgan fingerprint density at radius 1 is 1.61 bits per heavy atom. The molecule has 18 heavy (non-hydrogen) atoms. The lowest BCUT2D eigenvalue weighted by atomic mass is 9.97. The number of alkyl halides is 1. The first-order chi connectivity index (χ1) is 8.58.